The van der Waals surface area contributed by atoms with Gasteiger partial charge in [-0.3, -0.25) is 9.59 Å². The van der Waals surface area contributed by atoms with Crippen molar-refractivity contribution in [1.82, 2.24) is 0 Å². The van der Waals surface area contributed by atoms with Gasteiger partial charge in [0.2, 0.25) is 0 Å². The van der Waals surface area contributed by atoms with Crippen LogP contribution in [0.25, 0.3) is 0 Å². The highest BCUT2D eigenvalue weighted by atomic mass is 16.6. The number of rotatable bonds is 50. The van der Waals surface area contributed by atoms with Crippen LogP contribution in [-0.4, -0.2) is 37.9 Å². The van der Waals surface area contributed by atoms with E-state index in [2.05, 4.69) is 81.5 Å². The molecule has 0 radical (unpaired) electrons. The van der Waals surface area contributed by atoms with Crippen LogP contribution in [-0.2, 0) is 23.8 Å². The Balaban J connectivity index is 4.31. The summed E-state index contributed by atoms with van der Waals surface area (Å²) in [4.78, 5) is 25.4. The molecule has 0 rings (SSSR count). The molecule has 0 amide bonds. The maximum Gasteiger partial charge on any atom is 0.306 e. The van der Waals surface area contributed by atoms with E-state index in [0.717, 1.165) is 77.0 Å². The van der Waals surface area contributed by atoms with Gasteiger partial charge in [-0.1, -0.05) is 210 Å². The van der Waals surface area contributed by atoms with Crippen molar-refractivity contribution in [3.63, 3.8) is 0 Å². The summed E-state index contributed by atoms with van der Waals surface area (Å²) in [7, 11) is 0. The molecule has 0 aliphatic carbocycles. The summed E-state index contributed by atoms with van der Waals surface area (Å²) in [6.45, 7) is 7.76. The molecule has 0 aliphatic heterocycles. The summed E-state index contributed by atoms with van der Waals surface area (Å²) >= 11 is 0. The van der Waals surface area contributed by atoms with Crippen molar-refractivity contribution in [3.05, 3.63) is 60.8 Å². The standard InChI is InChI=1S/C58H104O5/c1-4-7-10-13-16-19-22-25-28-29-32-35-38-41-44-47-50-53-61-54-56(63-58(60)52-49-46-43-40-37-34-31-27-24-21-18-15-12-9-6-3)55-62-57(59)51-48-45-42-39-36-33-30-26-23-20-17-14-11-8-5-2/h16-17,19-20,25-28,30-31,56H,4-15,18,21-24,29,32-55H2,1-3H3. The topological polar surface area (TPSA) is 61.8 Å². The van der Waals surface area contributed by atoms with Crippen LogP contribution in [0.3, 0.4) is 0 Å². The van der Waals surface area contributed by atoms with Crippen molar-refractivity contribution in [2.75, 3.05) is 19.8 Å². The van der Waals surface area contributed by atoms with Gasteiger partial charge in [-0.25, -0.2) is 0 Å². The van der Waals surface area contributed by atoms with Crippen molar-refractivity contribution >= 4 is 11.9 Å². The molecule has 0 spiro atoms. The fraction of sp³-hybridized carbons (Fsp3) is 0.793. The quantitative estimate of drug-likeness (QED) is 0.0346. The van der Waals surface area contributed by atoms with Gasteiger partial charge in [0, 0.05) is 19.4 Å². The van der Waals surface area contributed by atoms with Crippen LogP contribution in [0.4, 0.5) is 0 Å². The highest BCUT2D eigenvalue weighted by Crippen LogP contribution is 2.14. The van der Waals surface area contributed by atoms with E-state index < -0.39 is 6.10 Å². The molecule has 0 saturated carbocycles. The van der Waals surface area contributed by atoms with E-state index in [-0.39, 0.29) is 25.2 Å². The average molecular weight is 881 g/mol. The molecule has 0 aliphatic rings. The second kappa shape index (κ2) is 53.9. The lowest BCUT2D eigenvalue weighted by Gasteiger charge is -2.18. The molecule has 5 nitrogen and oxygen atoms in total. The van der Waals surface area contributed by atoms with Crippen LogP contribution < -0.4 is 0 Å². The number of ether oxygens (including phenoxy) is 3. The van der Waals surface area contributed by atoms with Gasteiger partial charge in [0.15, 0.2) is 6.10 Å². The Hall–Kier alpha value is -2.40. The van der Waals surface area contributed by atoms with Crippen LogP contribution in [0.5, 0.6) is 0 Å². The molecule has 1 unspecified atom stereocenters. The van der Waals surface area contributed by atoms with Crippen molar-refractivity contribution < 1.29 is 23.8 Å². The highest BCUT2D eigenvalue weighted by molar-refractivity contribution is 5.70. The van der Waals surface area contributed by atoms with Crippen LogP contribution in [0.1, 0.15) is 271 Å². The number of hydrogen-bond acceptors (Lipinski definition) is 5. The Morgan fingerprint density at radius 1 is 0.349 bits per heavy atom. The summed E-state index contributed by atoms with van der Waals surface area (Å²) in [5, 5.41) is 0. The van der Waals surface area contributed by atoms with Crippen molar-refractivity contribution in [3.8, 4) is 0 Å². The van der Waals surface area contributed by atoms with Gasteiger partial charge in [-0.05, 0) is 109 Å². The van der Waals surface area contributed by atoms with E-state index >= 15 is 0 Å². The van der Waals surface area contributed by atoms with E-state index in [4.69, 9.17) is 14.2 Å². The molecule has 1 atom stereocenters. The van der Waals surface area contributed by atoms with Gasteiger partial charge in [-0.15, -0.1) is 0 Å². The molecule has 63 heavy (non-hydrogen) atoms. The summed E-state index contributed by atoms with van der Waals surface area (Å²) in [6, 6.07) is 0. The number of carbonyl (C=O) groups is 2. The van der Waals surface area contributed by atoms with Crippen LogP contribution >= 0.6 is 0 Å². The molecule has 366 valence electrons. The monoisotopic (exact) mass is 881 g/mol. The Morgan fingerprint density at radius 2 is 0.667 bits per heavy atom. The Kier molecular flexibility index (Phi) is 51.9. The second-order valence-electron chi connectivity index (χ2n) is 18.1. The average Bonchev–Trinajstić information content (AvgIpc) is 3.28. The largest absolute Gasteiger partial charge is 0.462 e. The molecule has 0 bridgehead atoms. The predicted octanol–water partition coefficient (Wildman–Crippen LogP) is 18.5. The van der Waals surface area contributed by atoms with Gasteiger partial charge < -0.3 is 14.2 Å². The molecule has 0 saturated heterocycles. The minimum absolute atomic E-state index is 0.0716. The first-order valence-corrected chi connectivity index (χ1v) is 27.3. The third kappa shape index (κ3) is 52.1. The maximum absolute atomic E-state index is 12.8. The molecule has 0 aromatic rings. The van der Waals surface area contributed by atoms with Crippen molar-refractivity contribution in [1.29, 1.82) is 0 Å². The number of allylic oxidation sites excluding steroid dienone is 10. The smallest absolute Gasteiger partial charge is 0.306 e. The molecule has 0 aromatic heterocycles. The Morgan fingerprint density at radius 3 is 1.10 bits per heavy atom. The third-order valence-corrected chi connectivity index (χ3v) is 11.7. The normalized spacial score (nSPS) is 12.6. The minimum Gasteiger partial charge on any atom is -0.462 e. The molecule has 0 aromatic carbocycles. The van der Waals surface area contributed by atoms with Gasteiger partial charge in [0.05, 0.1) is 6.61 Å². The fourth-order valence-electron chi connectivity index (χ4n) is 7.62. The van der Waals surface area contributed by atoms with Crippen LogP contribution in [0.2, 0.25) is 0 Å². The third-order valence-electron chi connectivity index (χ3n) is 11.7. The van der Waals surface area contributed by atoms with Gasteiger partial charge in [0.1, 0.15) is 6.61 Å². The SMILES string of the molecule is CCCCCC=CCC=CCCCCCCCCCOCC(COC(=O)CCCCCCCC=CCC=CCCCCC)OC(=O)CCCCCCCC=CCCCCCCCC. The first-order chi connectivity index (χ1) is 31.1. The van der Waals surface area contributed by atoms with E-state index in [0.29, 0.717) is 19.4 Å². The number of carbonyl (C=O) groups excluding carboxylic acids is 2. The summed E-state index contributed by atoms with van der Waals surface area (Å²) < 4.78 is 17.4. The van der Waals surface area contributed by atoms with E-state index in [1.807, 2.05) is 0 Å². The van der Waals surface area contributed by atoms with Crippen LogP contribution in [0.15, 0.2) is 60.8 Å². The zero-order valence-electron chi connectivity index (χ0n) is 42.1. The molecular weight excluding hydrogens is 777 g/mol. The molecular formula is C58H104O5. The number of esters is 2. The van der Waals surface area contributed by atoms with E-state index in [1.165, 1.54) is 161 Å². The number of unbranched alkanes of at least 4 members (excludes halogenated alkanes) is 29. The van der Waals surface area contributed by atoms with E-state index in [1.54, 1.807) is 0 Å². The lowest BCUT2D eigenvalue weighted by atomic mass is 10.1. The number of hydrogen-bond donors (Lipinski definition) is 0. The lowest BCUT2D eigenvalue weighted by Crippen LogP contribution is -2.30. The summed E-state index contributed by atoms with van der Waals surface area (Å²) in [6.07, 6.45) is 68.0. The minimum atomic E-state index is -0.551. The summed E-state index contributed by atoms with van der Waals surface area (Å²) in [5.41, 5.74) is 0. The van der Waals surface area contributed by atoms with Gasteiger partial charge in [-0.2, -0.15) is 0 Å². The fourth-order valence-corrected chi connectivity index (χ4v) is 7.62. The van der Waals surface area contributed by atoms with Gasteiger partial charge >= 0.3 is 11.9 Å². The molecule has 5 heteroatoms. The highest BCUT2D eigenvalue weighted by Gasteiger charge is 2.17. The second-order valence-corrected chi connectivity index (χ2v) is 18.1. The lowest BCUT2D eigenvalue weighted by molar-refractivity contribution is -0.163. The summed E-state index contributed by atoms with van der Waals surface area (Å²) in [5.74, 6) is -0.420. The van der Waals surface area contributed by atoms with E-state index in [9.17, 15) is 9.59 Å². The maximum atomic E-state index is 12.8. The predicted molar refractivity (Wildman–Crippen MR) is 274 cm³/mol. The van der Waals surface area contributed by atoms with Crippen molar-refractivity contribution in [2.24, 2.45) is 0 Å². The first-order valence-electron chi connectivity index (χ1n) is 27.3. The zero-order chi connectivity index (χ0) is 45.6. The Bertz CT molecular complexity index is 1090. The first kappa shape index (κ1) is 60.6. The Labute approximate surface area is 392 Å². The molecule has 0 N–H and O–H groups in total. The molecule has 0 heterocycles. The zero-order valence-corrected chi connectivity index (χ0v) is 42.1. The van der Waals surface area contributed by atoms with Crippen molar-refractivity contribution in [2.45, 2.75) is 277 Å². The van der Waals surface area contributed by atoms with Gasteiger partial charge in [0.25, 0.3) is 0 Å². The molecule has 0 fully saturated rings. The van der Waals surface area contributed by atoms with Crippen LogP contribution in [0, 0.1) is 0 Å².